The molecule has 0 aromatic heterocycles. The van der Waals surface area contributed by atoms with E-state index in [1.54, 1.807) is 31.4 Å². The lowest BCUT2D eigenvalue weighted by atomic mass is 10.1. The van der Waals surface area contributed by atoms with Crippen molar-refractivity contribution in [1.82, 2.24) is 10.6 Å². The Morgan fingerprint density at radius 2 is 1.74 bits per heavy atom. The molecule has 0 bridgehead atoms. The number of benzene rings is 2. The third-order valence-corrected chi connectivity index (χ3v) is 3.14. The summed E-state index contributed by atoms with van der Waals surface area (Å²) in [4.78, 5) is 11.6. The highest BCUT2D eigenvalue weighted by Crippen LogP contribution is 2.25. The molecule has 0 atom stereocenters. The quantitative estimate of drug-likeness (QED) is 0.772. The van der Waals surface area contributed by atoms with Crippen molar-refractivity contribution in [2.75, 3.05) is 20.4 Å². The molecule has 0 aliphatic heterocycles. The zero-order chi connectivity index (χ0) is 16.5. The highest BCUT2D eigenvalue weighted by molar-refractivity contribution is 5.73. The molecule has 0 spiro atoms. The monoisotopic (exact) mass is 318 g/mol. The molecule has 122 valence electrons. The Morgan fingerprint density at radius 3 is 2.43 bits per heavy atom. The molecule has 2 rings (SSSR count). The number of amides is 2. The molecule has 2 aromatic carbocycles. The second kappa shape index (κ2) is 8.63. The predicted octanol–water partition coefficient (Wildman–Crippen LogP) is 2.71. The Hall–Kier alpha value is -2.76. The average Bonchev–Trinajstić information content (AvgIpc) is 2.57. The lowest BCUT2D eigenvalue weighted by Crippen LogP contribution is -2.38. The first-order chi connectivity index (χ1) is 11.2. The number of carbonyl (C=O) groups is 1. The van der Waals surface area contributed by atoms with E-state index >= 15 is 0 Å². The van der Waals surface area contributed by atoms with E-state index in [-0.39, 0.29) is 18.6 Å². The summed E-state index contributed by atoms with van der Waals surface area (Å²) in [6, 6.07) is 13.0. The summed E-state index contributed by atoms with van der Waals surface area (Å²) in [5.74, 6) is 0.889. The van der Waals surface area contributed by atoms with E-state index in [4.69, 9.17) is 9.47 Å². The number of halogens is 1. The molecular formula is C17H19FN2O3. The van der Waals surface area contributed by atoms with Crippen molar-refractivity contribution in [3.05, 3.63) is 59.9 Å². The maximum Gasteiger partial charge on any atom is 0.317 e. The van der Waals surface area contributed by atoms with Crippen LogP contribution < -0.4 is 20.1 Å². The van der Waals surface area contributed by atoms with Crippen LogP contribution in [0.25, 0.3) is 0 Å². The van der Waals surface area contributed by atoms with Crippen LogP contribution in [0, 0.1) is 5.82 Å². The van der Waals surface area contributed by atoms with Gasteiger partial charge in [-0.2, -0.15) is 0 Å². The first-order valence-electron chi connectivity index (χ1n) is 7.21. The van der Waals surface area contributed by atoms with Gasteiger partial charge in [-0.05, 0) is 36.2 Å². The van der Waals surface area contributed by atoms with Crippen LogP contribution in [0.5, 0.6) is 11.5 Å². The van der Waals surface area contributed by atoms with Gasteiger partial charge in [0.2, 0.25) is 0 Å². The van der Waals surface area contributed by atoms with Gasteiger partial charge in [0, 0.05) is 6.54 Å². The van der Waals surface area contributed by atoms with Crippen molar-refractivity contribution in [3.63, 3.8) is 0 Å². The second-order valence-electron chi connectivity index (χ2n) is 4.75. The Balaban J connectivity index is 1.66. The van der Waals surface area contributed by atoms with Gasteiger partial charge in [0.1, 0.15) is 5.82 Å². The summed E-state index contributed by atoms with van der Waals surface area (Å²) in [6.45, 7) is 0.481. The van der Waals surface area contributed by atoms with E-state index in [0.29, 0.717) is 24.5 Å². The molecular weight excluding hydrogens is 299 g/mol. The van der Waals surface area contributed by atoms with Crippen LogP contribution >= 0.6 is 0 Å². The summed E-state index contributed by atoms with van der Waals surface area (Å²) in [5.41, 5.74) is 0.956. The van der Waals surface area contributed by atoms with Gasteiger partial charge in [-0.15, -0.1) is 0 Å². The van der Waals surface area contributed by atoms with Crippen molar-refractivity contribution >= 4 is 6.03 Å². The molecule has 0 saturated heterocycles. The van der Waals surface area contributed by atoms with Crippen molar-refractivity contribution in [2.45, 2.75) is 6.42 Å². The number of para-hydroxylation sites is 2. The first kappa shape index (κ1) is 16.6. The SMILES string of the molecule is COc1ccccc1OCNC(=O)NCCc1ccc(F)cc1. The van der Waals surface area contributed by atoms with Crippen molar-refractivity contribution in [3.8, 4) is 11.5 Å². The molecule has 0 aliphatic rings. The maximum atomic E-state index is 12.8. The smallest absolute Gasteiger partial charge is 0.317 e. The van der Waals surface area contributed by atoms with Gasteiger partial charge in [-0.3, -0.25) is 0 Å². The standard InChI is InChI=1S/C17H19FN2O3/c1-22-15-4-2-3-5-16(15)23-12-20-17(21)19-11-10-13-6-8-14(18)9-7-13/h2-9H,10-12H2,1H3,(H2,19,20,21). The second-order valence-corrected chi connectivity index (χ2v) is 4.75. The molecule has 2 N–H and O–H groups in total. The normalized spacial score (nSPS) is 10.0. The Kier molecular flexibility index (Phi) is 6.23. The van der Waals surface area contributed by atoms with Crippen molar-refractivity contribution in [2.24, 2.45) is 0 Å². The fourth-order valence-electron chi connectivity index (χ4n) is 1.95. The van der Waals surface area contributed by atoms with Gasteiger partial charge in [-0.25, -0.2) is 9.18 Å². The summed E-state index contributed by atoms with van der Waals surface area (Å²) in [5, 5.41) is 5.30. The fourth-order valence-corrected chi connectivity index (χ4v) is 1.95. The van der Waals surface area contributed by atoms with Crippen LogP contribution in [0.3, 0.4) is 0 Å². The lowest BCUT2D eigenvalue weighted by molar-refractivity contribution is 0.221. The van der Waals surface area contributed by atoms with Crippen molar-refractivity contribution in [1.29, 1.82) is 0 Å². The topological polar surface area (TPSA) is 59.6 Å². The summed E-state index contributed by atoms with van der Waals surface area (Å²) >= 11 is 0. The van der Waals surface area contributed by atoms with Crippen LogP contribution in [-0.4, -0.2) is 26.4 Å². The Labute approximate surface area is 134 Å². The number of hydrogen-bond acceptors (Lipinski definition) is 3. The molecule has 6 heteroatoms. The molecule has 2 amide bonds. The predicted molar refractivity (Wildman–Crippen MR) is 85.1 cm³/mol. The molecule has 0 saturated carbocycles. The summed E-state index contributed by atoms with van der Waals surface area (Å²) < 4.78 is 23.4. The van der Waals surface area contributed by atoms with Crippen LogP contribution in [-0.2, 0) is 6.42 Å². The van der Waals surface area contributed by atoms with Crippen LogP contribution in [0.15, 0.2) is 48.5 Å². The number of nitrogens with one attached hydrogen (secondary N) is 2. The van der Waals surface area contributed by atoms with Crippen LogP contribution in [0.2, 0.25) is 0 Å². The van der Waals surface area contributed by atoms with E-state index in [1.807, 2.05) is 12.1 Å². The highest BCUT2D eigenvalue weighted by atomic mass is 19.1. The van der Waals surface area contributed by atoms with E-state index < -0.39 is 0 Å². The molecule has 5 nitrogen and oxygen atoms in total. The molecule has 0 fully saturated rings. The minimum atomic E-state index is -0.331. The molecule has 0 unspecified atom stereocenters. The minimum Gasteiger partial charge on any atom is -0.493 e. The van der Waals surface area contributed by atoms with E-state index in [2.05, 4.69) is 10.6 Å². The van der Waals surface area contributed by atoms with Gasteiger partial charge in [0.15, 0.2) is 18.2 Å². The van der Waals surface area contributed by atoms with Gasteiger partial charge in [0.05, 0.1) is 7.11 Å². The largest absolute Gasteiger partial charge is 0.493 e. The Bertz CT molecular complexity index is 632. The molecule has 0 heterocycles. The number of rotatable bonds is 7. The van der Waals surface area contributed by atoms with E-state index in [9.17, 15) is 9.18 Å². The van der Waals surface area contributed by atoms with Gasteiger partial charge >= 0.3 is 6.03 Å². The average molecular weight is 318 g/mol. The zero-order valence-electron chi connectivity index (χ0n) is 12.8. The van der Waals surface area contributed by atoms with E-state index in [0.717, 1.165) is 5.56 Å². The lowest BCUT2D eigenvalue weighted by Gasteiger charge is -2.11. The minimum absolute atomic E-state index is 0.0305. The van der Waals surface area contributed by atoms with E-state index in [1.165, 1.54) is 12.1 Å². The third kappa shape index (κ3) is 5.50. The van der Waals surface area contributed by atoms with Crippen LogP contribution in [0.4, 0.5) is 9.18 Å². The number of urea groups is 1. The Morgan fingerprint density at radius 1 is 1.04 bits per heavy atom. The maximum absolute atomic E-state index is 12.8. The molecule has 23 heavy (non-hydrogen) atoms. The summed E-state index contributed by atoms with van der Waals surface area (Å²) in [7, 11) is 1.55. The molecule has 0 radical (unpaired) electrons. The van der Waals surface area contributed by atoms with Gasteiger partial charge in [0.25, 0.3) is 0 Å². The fraction of sp³-hybridized carbons (Fsp3) is 0.235. The zero-order valence-corrected chi connectivity index (χ0v) is 12.8. The van der Waals surface area contributed by atoms with Crippen LogP contribution in [0.1, 0.15) is 5.56 Å². The molecule has 0 aliphatic carbocycles. The number of hydrogen-bond donors (Lipinski definition) is 2. The number of methoxy groups -OCH3 is 1. The van der Waals surface area contributed by atoms with Gasteiger partial charge in [-0.1, -0.05) is 24.3 Å². The van der Waals surface area contributed by atoms with Crippen molar-refractivity contribution < 1.29 is 18.7 Å². The third-order valence-electron chi connectivity index (χ3n) is 3.14. The number of ether oxygens (including phenoxy) is 2. The summed E-state index contributed by atoms with van der Waals surface area (Å²) in [6.07, 6.45) is 0.626. The highest BCUT2D eigenvalue weighted by Gasteiger charge is 2.04. The number of carbonyl (C=O) groups excluding carboxylic acids is 1. The van der Waals surface area contributed by atoms with Gasteiger partial charge < -0.3 is 20.1 Å². The molecule has 2 aromatic rings. The first-order valence-corrected chi connectivity index (χ1v) is 7.21.